The van der Waals surface area contributed by atoms with Crippen LogP contribution >= 0.6 is 38.9 Å². The van der Waals surface area contributed by atoms with E-state index in [1.807, 2.05) is 24.3 Å². The molecule has 0 radical (unpaired) electrons. The molecule has 0 bridgehead atoms. The molecule has 6 heteroatoms. The summed E-state index contributed by atoms with van der Waals surface area (Å²) in [7, 11) is 0. The summed E-state index contributed by atoms with van der Waals surface area (Å²) in [5, 5.41) is 9.65. The van der Waals surface area contributed by atoms with E-state index in [9.17, 15) is 4.79 Å². The van der Waals surface area contributed by atoms with Crippen LogP contribution in [0.3, 0.4) is 0 Å². The van der Waals surface area contributed by atoms with Crippen LogP contribution in [0.15, 0.2) is 40.2 Å². The van der Waals surface area contributed by atoms with Crippen molar-refractivity contribution in [3.63, 3.8) is 0 Å². The SMILES string of the molecule is O=C(O)CN(Cc1ccc(Br)s1)c1ccc(Cl)cc1. The smallest absolute Gasteiger partial charge is 0.323 e. The Morgan fingerprint density at radius 3 is 2.47 bits per heavy atom. The van der Waals surface area contributed by atoms with Crippen LogP contribution in [0.25, 0.3) is 0 Å². The molecular weight excluding hydrogens is 350 g/mol. The Bertz CT molecular complexity index is 570. The lowest BCUT2D eigenvalue weighted by Gasteiger charge is -2.22. The highest BCUT2D eigenvalue weighted by Gasteiger charge is 2.12. The minimum absolute atomic E-state index is 0.0445. The van der Waals surface area contributed by atoms with Crippen molar-refractivity contribution >= 4 is 50.5 Å². The summed E-state index contributed by atoms with van der Waals surface area (Å²) in [6, 6.07) is 11.1. The van der Waals surface area contributed by atoms with Crippen LogP contribution in [0.1, 0.15) is 4.88 Å². The van der Waals surface area contributed by atoms with E-state index in [1.54, 1.807) is 28.4 Å². The number of carbonyl (C=O) groups is 1. The second kappa shape index (κ2) is 6.41. The van der Waals surface area contributed by atoms with Gasteiger partial charge in [0.25, 0.3) is 0 Å². The van der Waals surface area contributed by atoms with E-state index in [0.717, 1.165) is 14.4 Å². The Kier molecular flexibility index (Phi) is 4.85. The number of nitrogens with zero attached hydrogens (tertiary/aromatic N) is 1. The van der Waals surface area contributed by atoms with E-state index >= 15 is 0 Å². The molecule has 1 heterocycles. The second-order valence-electron chi connectivity index (χ2n) is 3.93. The van der Waals surface area contributed by atoms with Crippen molar-refractivity contribution in [2.75, 3.05) is 11.4 Å². The standard InChI is InChI=1S/C13H11BrClNO2S/c14-12-6-5-11(19-12)7-16(8-13(17)18)10-3-1-9(15)2-4-10/h1-6H,7-8H2,(H,17,18). The molecule has 19 heavy (non-hydrogen) atoms. The molecule has 0 saturated carbocycles. The maximum Gasteiger partial charge on any atom is 0.323 e. The van der Waals surface area contributed by atoms with Gasteiger partial charge >= 0.3 is 5.97 Å². The zero-order valence-corrected chi connectivity index (χ0v) is 13.0. The molecule has 3 nitrogen and oxygen atoms in total. The highest BCUT2D eigenvalue weighted by molar-refractivity contribution is 9.11. The predicted molar refractivity (Wildman–Crippen MR) is 82.2 cm³/mol. The molecule has 0 fully saturated rings. The maximum atomic E-state index is 11.0. The van der Waals surface area contributed by atoms with Crippen LogP contribution in [0.5, 0.6) is 0 Å². The van der Waals surface area contributed by atoms with Gasteiger partial charge in [0.15, 0.2) is 0 Å². The van der Waals surface area contributed by atoms with Gasteiger partial charge in [-0.05, 0) is 52.3 Å². The Morgan fingerprint density at radius 2 is 1.95 bits per heavy atom. The van der Waals surface area contributed by atoms with Crippen molar-refractivity contribution in [2.24, 2.45) is 0 Å². The first-order valence-corrected chi connectivity index (χ1v) is 7.50. The molecule has 0 aliphatic carbocycles. The van der Waals surface area contributed by atoms with Gasteiger partial charge in [-0.25, -0.2) is 0 Å². The third kappa shape index (κ3) is 4.23. The van der Waals surface area contributed by atoms with E-state index in [1.165, 1.54) is 0 Å². The first-order valence-electron chi connectivity index (χ1n) is 5.51. The second-order valence-corrected chi connectivity index (χ2v) is 6.92. The summed E-state index contributed by atoms with van der Waals surface area (Å²) < 4.78 is 1.04. The van der Waals surface area contributed by atoms with Crippen LogP contribution < -0.4 is 4.90 Å². The molecular formula is C13H11BrClNO2S. The molecule has 0 unspecified atom stereocenters. The van der Waals surface area contributed by atoms with Gasteiger partial charge in [-0.1, -0.05) is 11.6 Å². The molecule has 0 aliphatic rings. The molecule has 0 atom stereocenters. The number of hydrogen-bond acceptors (Lipinski definition) is 3. The molecule has 1 N–H and O–H groups in total. The summed E-state index contributed by atoms with van der Waals surface area (Å²) in [4.78, 5) is 13.9. The van der Waals surface area contributed by atoms with Crippen LogP contribution in [0, 0.1) is 0 Å². The van der Waals surface area contributed by atoms with Crippen LogP contribution in [0.2, 0.25) is 5.02 Å². The lowest BCUT2D eigenvalue weighted by atomic mass is 10.2. The summed E-state index contributed by atoms with van der Waals surface area (Å²) in [6.07, 6.45) is 0. The quantitative estimate of drug-likeness (QED) is 0.866. The number of aliphatic carboxylic acids is 1. The lowest BCUT2D eigenvalue weighted by molar-refractivity contribution is -0.135. The number of carboxylic acid groups (broad SMARTS) is 1. The fourth-order valence-electron chi connectivity index (χ4n) is 1.68. The molecule has 1 aromatic carbocycles. The van der Waals surface area contributed by atoms with Crippen molar-refractivity contribution in [3.05, 3.63) is 50.1 Å². The predicted octanol–water partition coefficient (Wildman–Crippen LogP) is 4.26. The average molecular weight is 361 g/mol. The number of carboxylic acids is 1. The van der Waals surface area contributed by atoms with Crippen molar-refractivity contribution in [1.29, 1.82) is 0 Å². The topological polar surface area (TPSA) is 40.5 Å². The number of benzene rings is 1. The van der Waals surface area contributed by atoms with Gasteiger partial charge in [-0.2, -0.15) is 0 Å². The lowest BCUT2D eigenvalue weighted by Crippen LogP contribution is -2.28. The van der Waals surface area contributed by atoms with Gasteiger partial charge in [0.05, 0.1) is 10.3 Å². The number of thiophene rings is 1. The summed E-state index contributed by atoms with van der Waals surface area (Å²) in [6.45, 7) is 0.515. The summed E-state index contributed by atoms with van der Waals surface area (Å²) >= 11 is 10.8. The van der Waals surface area contributed by atoms with Crippen molar-refractivity contribution in [2.45, 2.75) is 6.54 Å². The van der Waals surface area contributed by atoms with Gasteiger partial charge in [-0.3, -0.25) is 4.79 Å². The highest BCUT2D eigenvalue weighted by Crippen LogP contribution is 2.26. The normalized spacial score (nSPS) is 10.4. The van der Waals surface area contributed by atoms with Crippen molar-refractivity contribution < 1.29 is 9.90 Å². The molecule has 2 rings (SSSR count). The maximum absolute atomic E-state index is 11.0. The van der Waals surface area contributed by atoms with E-state index in [2.05, 4.69) is 15.9 Å². The molecule has 0 amide bonds. The zero-order chi connectivity index (χ0) is 13.8. The largest absolute Gasteiger partial charge is 0.480 e. The minimum atomic E-state index is -0.856. The zero-order valence-electron chi connectivity index (χ0n) is 9.85. The van der Waals surface area contributed by atoms with Gasteiger partial charge in [0, 0.05) is 15.6 Å². The van der Waals surface area contributed by atoms with E-state index in [4.69, 9.17) is 16.7 Å². The average Bonchev–Trinajstić information content (AvgIpc) is 2.74. The molecule has 2 aromatic rings. The van der Waals surface area contributed by atoms with E-state index in [-0.39, 0.29) is 6.54 Å². The van der Waals surface area contributed by atoms with Gasteiger partial charge in [0.2, 0.25) is 0 Å². The van der Waals surface area contributed by atoms with Crippen molar-refractivity contribution in [1.82, 2.24) is 0 Å². The fourth-order valence-corrected chi connectivity index (χ4v) is 3.30. The number of halogens is 2. The minimum Gasteiger partial charge on any atom is -0.480 e. The Hall–Kier alpha value is -1.04. The highest BCUT2D eigenvalue weighted by atomic mass is 79.9. The van der Waals surface area contributed by atoms with E-state index in [0.29, 0.717) is 11.6 Å². The number of anilines is 1. The monoisotopic (exact) mass is 359 g/mol. The first-order chi connectivity index (χ1) is 9.04. The Balaban J connectivity index is 2.20. The van der Waals surface area contributed by atoms with Gasteiger partial charge in [-0.15, -0.1) is 11.3 Å². The van der Waals surface area contributed by atoms with Crippen molar-refractivity contribution in [3.8, 4) is 0 Å². The third-order valence-electron chi connectivity index (χ3n) is 2.49. The first kappa shape index (κ1) is 14.4. The van der Waals surface area contributed by atoms with Crippen LogP contribution in [-0.2, 0) is 11.3 Å². The van der Waals surface area contributed by atoms with Gasteiger partial charge in [0.1, 0.15) is 6.54 Å². The molecule has 100 valence electrons. The third-order valence-corrected chi connectivity index (χ3v) is 4.35. The summed E-state index contributed by atoms with van der Waals surface area (Å²) in [5.41, 5.74) is 0.844. The summed E-state index contributed by atoms with van der Waals surface area (Å²) in [5.74, 6) is -0.856. The molecule has 1 aromatic heterocycles. The number of rotatable bonds is 5. The molecule has 0 saturated heterocycles. The molecule has 0 spiro atoms. The Morgan fingerprint density at radius 1 is 1.26 bits per heavy atom. The molecule has 0 aliphatic heterocycles. The number of hydrogen-bond donors (Lipinski definition) is 1. The van der Waals surface area contributed by atoms with E-state index < -0.39 is 5.97 Å². The Labute approximate surface area is 128 Å². The van der Waals surface area contributed by atoms with Crippen LogP contribution in [-0.4, -0.2) is 17.6 Å². The van der Waals surface area contributed by atoms with Crippen LogP contribution in [0.4, 0.5) is 5.69 Å². The van der Waals surface area contributed by atoms with Gasteiger partial charge < -0.3 is 10.0 Å². The fraction of sp³-hybridized carbons (Fsp3) is 0.154.